The topological polar surface area (TPSA) is 75.3 Å². The molecule has 0 aliphatic heterocycles. The second kappa shape index (κ2) is 10.5. The molecule has 0 aliphatic rings. The van der Waals surface area contributed by atoms with E-state index in [1.54, 1.807) is 19.2 Å². The lowest BCUT2D eigenvalue weighted by Gasteiger charge is -2.11. The predicted octanol–water partition coefficient (Wildman–Crippen LogP) is 4.53. The number of aromatic nitrogens is 2. The molecular weight excluding hydrogens is 500 g/mol. The number of nitrogens with zero attached hydrogens (tertiary/aromatic N) is 3. The average Bonchev–Trinajstić information content (AvgIpc) is 3.13. The molecule has 3 rings (SSSR count). The van der Waals surface area contributed by atoms with E-state index in [0.29, 0.717) is 40.8 Å². The molecular formula is C18H18Cl2IN5O. The zero-order valence-corrected chi connectivity index (χ0v) is 18.3. The fourth-order valence-electron chi connectivity index (χ4n) is 2.24. The summed E-state index contributed by atoms with van der Waals surface area (Å²) in [5, 5.41) is 11.7. The zero-order chi connectivity index (χ0) is 18.4. The van der Waals surface area contributed by atoms with Crippen LogP contribution in [0.15, 0.2) is 58.0 Å². The molecule has 0 fully saturated rings. The first kappa shape index (κ1) is 21.5. The summed E-state index contributed by atoms with van der Waals surface area (Å²) < 4.78 is 5.27. The summed E-state index contributed by atoms with van der Waals surface area (Å²) in [4.78, 5) is 8.53. The lowest BCUT2D eigenvalue weighted by atomic mass is 10.2. The summed E-state index contributed by atoms with van der Waals surface area (Å²) in [5.74, 6) is 1.57. The first-order chi connectivity index (χ1) is 12.7. The van der Waals surface area contributed by atoms with E-state index in [0.717, 1.165) is 11.1 Å². The van der Waals surface area contributed by atoms with Gasteiger partial charge < -0.3 is 15.2 Å². The quantitative estimate of drug-likeness (QED) is 0.295. The molecule has 3 aromatic rings. The average molecular weight is 518 g/mol. The highest BCUT2D eigenvalue weighted by molar-refractivity contribution is 14.0. The molecule has 9 heteroatoms. The molecule has 0 saturated heterocycles. The minimum absolute atomic E-state index is 0. The molecule has 0 atom stereocenters. The summed E-state index contributed by atoms with van der Waals surface area (Å²) in [6.45, 7) is 0.905. The highest BCUT2D eigenvalue weighted by Gasteiger charge is 2.09. The Morgan fingerprint density at radius 1 is 1.04 bits per heavy atom. The molecule has 0 amide bonds. The van der Waals surface area contributed by atoms with Gasteiger partial charge in [0.25, 0.3) is 0 Å². The van der Waals surface area contributed by atoms with Crippen molar-refractivity contribution >= 4 is 53.1 Å². The molecule has 142 valence electrons. The Kier molecular flexibility index (Phi) is 8.33. The van der Waals surface area contributed by atoms with E-state index in [2.05, 4.69) is 25.8 Å². The summed E-state index contributed by atoms with van der Waals surface area (Å²) in [7, 11) is 1.69. The minimum Gasteiger partial charge on any atom is -0.352 e. The maximum atomic E-state index is 6.15. The number of rotatable bonds is 5. The van der Waals surface area contributed by atoms with Crippen LogP contribution in [0.25, 0.3) is 11.4 Å². The number of hydrogen-bond acceptors (Lipinski definition) is 4. The summed E-state index contributed by atoms with van der Waals surface area (Å²) in [6, 6.07) is 14.9. The van der Waals surface area contributed by atoms with Crippen LogP contribution >= 0.6 is 47.2 Å². The fraction of sp³-hybridized carbons (Fsp3) is 0.167. The minimum atomic E-state index is 0. The summed E-state index contributed by atoms with van der Waals surface area (Å²) in [6.07, 6.45) is 0. The van der Waals surface area contributed by atoms with Crippen LogP contribution in [-0.2, 0) is 13.1 Å². The highest BCUT2D eigenvalue weighted by atomic mass is 127. The lowest BCUT2D eigenvalue weighted by Crippen LogP contribution is -2.36. The van der Waals surface area contributed by atoms with Crippen molar-refractivity contribution in [3.05, 3.63) is 70.0 Å². The van der Waals surface area contributed by atoms with E-state index in [9.17, 15) is 0 Å². The third kappa shape index (κ3) is 6.08. The number of guanidine groups is 1. The molecule has 2 aromatic carbocycles. The van der Waals surface area contributed by atoms with Crippen LogP contribution in [0.2, 0.25) is 10.0 Å². The van der Waals surface area contributed by atoms with Crippen molar-refractivity contribution in [3.63, 3.8) is 0 Å². The van der Waals surface area contributed by atoms with Gasteiger partial charge in [-0.1, -0.05) is 46.6 Å². The van der Waals surface area contributed by atoms with Crippen molar-refractivity contribution in [2.45, 2.75) is 13.1 Å². The zero-order valence-electron chi connectivity index (χ0n) is 14.4. The first-order valence-corrected chi connectivity index (χ1v) is 8.68. The van der Waals surface area contributed by atoms with Gasteiger partial charge in [0.15, 0.2) is 5.96 Å². The molecule has 1 heterocycles. The Hall–Kier alpha value is -1.84. The van der Waals surface area contributed by atoms with E-state index < -0.39 is 0 Å². The van der Waals surface area contributed by atoms with Crippen molar-refractivity contribution in [2.75, 3.05) is 7.05 Å². The van der Waals surface area contributed by atoms with Crippen LogP contribution in [0, 0.1) is 0 Å². The molecule has 6 nitrogen and oxygen atoms in total. The first-order valence-electron chi connectivity index (χ1n) is 7.92. The van der Waals surface area contributed by atoms with Gasteiger partial charge in [0.2, 0.25) is 11.7 Å². The molecule has 27 heavy (non-hydrogen) atoms. The lowest BCUT2D eigenvalue weighted by molar-refractivity contribution is 0.375. The molecule has 2 N–H and O–H groups in total. The van der Waals surface area contributed by atoms with Crippen molar-refractivity contribution < 1.29 is 4.52 Å². The van der Waals surface area contributed by atoms with Gasteiger partial charge in [-0.2, -0.15) is 4.98 Å². The van der Waals surface area contributed by atoms with Gasteiger partial charge in [0, 0.05) is 29.2 Å². The van der Waals surface area contributed by atoms with Gasteiger partial charge in [0.1, 0.15) is 0 Å². The van der Waals surface area contributed by atoms with E-state index >= 15 is 0 Å². The second-order valence-corrected chi connectivity index (χ2v) is 6.23. The van der Waals surface area contributed by atoms with Crippen LogP contribution < -0.4 is 10.6 Å². The monoisotopic (exact) mass is 517 g/mol. The van der Waals surface area contributed by atoms with Crippen LogP contribution in [0.5, 0.6) is 0 Å². The SMILES string of the molecule is CN=C(NCc1nc(-c2ccc(Cl)cc2)no1)NCc1ccccc1Cl.I. The Labute approximate surface area is 184 Å². The number of benzene rings is 2. The Balaban J connectivity index is 0.00000261. The van der Waals surface area contributed by atoms with E-state index in [4.69, 9.17) is 27.7 Å². The molecule has 0 aliphatic carbocycles. The number of hydrogen-bond donors (Lipinski definition) is 2. The molecule has 0 spiro atoms. The summed E-state index contributed by atoms with van der Waals surface area (Å²) >= 11 is 12.0. The van der Waals surface area contributed by atoms with Crippen LogP contribution in [0.3, 0.4) is 0 Å². The third-order valence-corrected chi connectivity index (χ3v) is 4.23. The van der Waals surface area contributed by atoms with Gasteiger partial charge in [-0.3, -0.25) is 4.99 Å². The maximum absolute atomic E-state index is 6.15. The van der Waals surface area contributed by atoms with Crippen molar-refractivity contribution in [3.8, 4) is 11.4 Å². The molecule has 0 unspecified atom stereocenters. The number of aliphatic imine (C=N–C) groups is 1. The summed E-state index contributed by atoms with van der Waals surface area (Å²) in [5.41, 5.74) is 1.82. The Morgan fingerprint density at radius 3 is 2.44 bits per heavy atom. The van der Waals surface area contributed by atoms with Gasteiger partial charge >= 0.3 is 0 Å². The Morgan fingerprint density at radius 2 is 1.74 bits per heavy atom. The van der Waals surface area contributed by atoms with Gasteiger partial charge in [-0.15, -0.1) is 24.0 Å². The Bertz CT molecular complexity index is 899. The smallest absolute Gasteiger partial charge is 0.246 e. The van der Waals surface area contributed by atoms with E-state index in [-0.39, 0.29) is 24.0 Å². The maximum Gasteiger partial charge on any atom is 0.246 e. The normalized spacial score (nSPS) is 11.0. The number of nitrogens with one attached hydrogen (secondary N) is 2. The highest BCUT2D eigenvalue weighted by Crippen LogP contribution is 2.18. The van der Waals surface area contributed by atoms with Gasteiger partial charge in [-0.05, 0) is 35.9 Å². The third-order valence-electron chi connectivity index (χ3n) is 3.61. The fourth-order valence-corrected chi connectivity index (χ4v) is 2.57. The molecule has 0 bridgehead atoms. The van der Waals surface area contributed by atoms with Gasteiger partial charge in [-0.25, -0.2) is 0 Å². The molecule has 1 aromatic heterocycles. The van der Waals surface area contributed by atoms with Crippen molar-refractivity contribution in [2.24, 2.45) is 4.99 Å². The van der Waals surface area contributed by atoms with Crippen molar-refractivity contribution in [1.82, 2.24) is 20.8 Å². The van der Waals surface area contributed by atoms with E-state index in [1.165, 1.54) is 0 Å². The van der Waals surface area contributed by atoms with Crippen LogP contribution in [-0.4, -0.2) is 23.1 Å². The van der Waals surface area contributed by atoms with Crippen LogP contribution in [0.4, 0.5) is 0 Å². The molecule has 0 saturated carbocycles. The predicted molar refractivity (Wildman–Crippen MR) is 119 cm³/mol. The largest absolute Gasteiger partial charge is 0.352 e. The standard InChI is InChI=1S/C18H17Cl2N5O.HI/c1-21-18(22-10-13-4-2-3-5-15(13)20)23-11-16-24-17(25-26-16)12-6-8-14(19)9-7-12;/h2-9H,10-11H2,1H3,(H2,21,22,23);1H. The van der Waals surface area contributed by atoms with E-state index in [1.807, 2.05) is 36.4 Å². The van der Waals surface area contributed by atoms with Crippen molar-refractivity contribution in [1.29, 1.82) is 0 Å². The van der Waals surface area contributed by atoms with Gasteiger partial charge in [0.05, 0.1) is 6.54 Å². The molecule has 0 radical (unpaired) electrons. The number of halogens is 3. The van der Waals surface area contributed by atoms with Crippen LogP contribution in [0.1, 0.15) is 11.5 Å². The second-order valence-electron chi connectivity index (χ2n) is 5.39.